The Morgan fingerprint density at radius 3 is 2.30 bits per heavy atom. The highest BCUT2D eigenvalue weighted by molar-refractivity contribution is 8.67. The second-order valence-electron chi connectivity index (χ2n) is 2.51. The van der Waals surface area contributed by atoms with Crippen molar-refractivity contribution < 1.29 is 9.79 Å². The van der Waals surface area contributed by atoms with Crippen molar-refractivity contribution in [2.45, 2.75) is 20.3 Å². The van der Waals surface area contributed by atoms with E-state index in [9.17, 15) is 0 Å². The van der Waals surface area contributed by atoms with E-state index in [1.165, 1.54) is 0 Å². The minimum atomic E-state index is -2.97. The van der Waals surface area contributed by atoms with Crippen LogP contribution in [-0.2, 0) is 11.8 Å². The van der Waals surface area contributed by atoms with Crippen LogP contribution in [-0.4, -0.2) is 15.5 Å². The Hall–Kier alpha value is 0.920. The van der Waals surface area contributed by atoms with Gasteiger partial charge < -0.3 is 9.79 Å². The standard InChI is InChI=1S/C5H13O2PS2/c1-5(2)3-4-10-8(6,7)9/h5H,3-4H2,1-2H3,(H2,6,7,9). The van der Waals surface area contributed by atoms with Crippen LogP contribution in [0.4, 0.5) is 0 Å². The zero-order valence-electron chi connectivity index (χ0n) is 6.15. The molecule has 2 nitrogen and oxygen atoms in total. The van der Waals surface area contributed by atoms with Crippen LogP contribution in [0, 0.1) is 5.92 Å². The van der Waals surface area contributed by atoms with Gasteiger partial charge in [0.15, 0.2) is 0 Å². The van der Waals surface area contributed by atoms with Crippen LogP contribution in [0.5, 0.6) is 0 Å². The minimum absolute atomic E-state index is 0.606. The third kappa shape index (κ3) is 8.92. The fraction of sp³-hybridized carbons (Fsp3) is 1.00. The molecular formula is C5H13O2PS2. The number of hydrogen-bond donors (Lipinski definition) is 2. The van der Waals surface area contributed by atoms with E-state index in [0.717, 1.165) is 23.6 Å². The lowest BCUT2D eigenvalue weighted by Gasteiger charge is -2.07. The predicted molar refractivity (Wildman–Crippen MR) is 50.6 cm³/mol. The largest absolute Gasteiger partial charge is 0.338 e. The van der Waals surface area contributed by atoms with Gasteiger partial charge in [-0.25, -0.2) is 0 Å². The molecule has 0 aliphatic heterocycles. The maximum absolute atomic E-state index is 8.77. The van der Waals surface area contributed by atoms with E-state index in [0.29, 0.717) is 5.92 Å². The van der Waals surface area contributed by atoms with Crippen LogP contribution >= 0.6 is 17.1 Å². The van der Waals surface area contributed by atoms with Gasteiger partial charge in [-0.1, -0.05) is 25.2 Å². The summed E-state index contributed by atoms with van der Waals surface area (Å²) in [6, 6.07) is 0. The lowest BCUT2D eigenvalue weighted by molar-refractivity contribution is 0.502. The van der Waals surface area contributed by atoms with Crippen molar-refractivity contribution >= 4 is 28.9 Å². The fourth-order valence-corrected chi connectivity index (χ4v) is 2.92. The molecule has 5 heteroatoms. The number of hydrogen-bond acceptors (Lipinski definition) is 2. The summed E-state index contributed by atoms with van der Waals surface area (Å²) in [7, 11) is 0. The summed E-state index contributed by atoms with van der Waals surface area (Å²) in [5.41, 5.74) is -2.97. The Morgan fingerprint density at radius 2 is 2.00 bits per heavy atom. The van der Waals surface area contributed by atoms with Crippen LogP contribution in [0.15, 0.2) is 0 Å². The van der Waals surface area contributed by atoms with E-state index in [4.69, 9.17) is 9.79 Å². The van der Waals surface area contributed by atoms with E-state index < -0.39 is 5.69 Å². The lowest BCUT2D eigenvalue weighted by atomic mass is 10.2. The molecule has 0 saturated heterocycles. The summed E-state index contributed by atoms with van der Waals surface area (Å²) < 4.78 is 0. The van der Waals surface area contributed by atoms with Gasteiger partial charge in [-0.15, -0.1) is 0 Å². The topological polar surface area (TPSA) is 40.5 Å². The van der Waals surface area contributed by atoms with Gasteiger partial charge in [0.05, 0.1) is 0 Å². The van der Waals surface area contributed by atoms with Crippen molar-refractivity contribution in [3.8, 4) is 0 Å². The van der Waals surface area contributed by atoms with Crippen LogP contribution < -0.4 is 0 Å². The molecule has 0 saturated carbocycles. The molecule has 10 heavy (non-hydrogen) atoms. The molecule has 0 rings (SSSR count). The van der Waals surface area contributed by atoms with Crippen molar-refractivity contribution in [3.63, 3.8) is 0 Å². The van der Waals surface area contributed by atoms with Crippen molar-refractivity contribution in [2.24, 2.45) is 5.92 Å². The Labute approximate surface area is 71.0 Å². The highest BCUT2D eigenvalue weighted by Gasteiger charge is 2.07. The fourth-order valence-electron chi connectivity index (χ4n) is 0.407. The first-order valence-electron chi connectivity index (χ1n) is 3.12. The van der Waals surface area contributed by atoms with Crippen LogP contribution in [0.25, 0.3) is 0 Å². The molecule has 0 spiro atoms. The van der Waals surface area contributed by atoms with Crippen LogP contribution in [0.2, 0.25) is 0 Å². The van der Waals surface area contributed by atoms with Gasteiger partial charge in [-0.2, -0.15) is 0 Å². The molecular weight excluding hydrogens is 187 g/mol. The average molecular weight is 200 g/mol. The quantitative estimate of drug-likeness (QED) is 0.681. The lowest BCUT2D eigenvalue weighted by Crippen LogP contribution is -1.88. The Kier molecular flexibility index (Phi) is 5.16. The van der Waals surface area contributed by atoms with Gasteiger partial charge in [0, 0.05) is 5.75 Å². The smallest absolute Gasteiger partial charge is 0.242 e. The average Bonchev–Trinajstić information content (AvgIpc) is 1.59. The molecule has 0 unspecified atom stereocenters. The van der Waals surface area contributed by atoms with E-state index in [1.807, 2.05) is 0 Å². The highest BCUT2D eigenvalue weighted by Crippen LogP contribution is 2.50. The maximum Gasteiger partial charge on any atom is 0.242 e. The van der Waals surface area contributed by atoms with Crippen LogP contribution in [0.3, 0.4) is 0 Å². The van der Waals surface area contributed by atoms with Gasteiger partial charge in [-0.3, -0.25) is 0 Å². The summed E-state index contributed by atoms with van der Waals surface area (Å²) in [6.45, 7) is 4.19. The van der Waals surface area contributed by atoms with Crippen molar-refractivity contribution in [1.29, 1.82) is 0 Å². The first-order chi connectivity index (χ1) is 4.42. The summed E-state index contributed by atoms with van der Waals surface area (Å²) in [4.78, 5) is 17.5. The minimum Gasteiger partial charge on any atom is -0.338 e. The Bertz CT molecular complexity index is 132. The molecule has 0 bridgehead atoms. The highest BCUT2D eigenvalue weighted by atomic mass is 32.9. The molecule has 0 fully saturated rings. The summed E-state index contributed by atoms with van der Waals surface area (Å²) >= 11 is 5.52. The molecule has 0 aliphatic carbocycles. The zero-order chi connectivity index (χ0) is 8.20. The Morgan fingerprint density at radius 1 is 1.50 bits per heavy atom. The van der Waals surface area contributed by atoms with Gasteiger partial charge in [0.1, 0.15) is 0 Å². The third-order valence-corrected chi connectivity index (χ3v) is 4.21. The van der Waals surface area contributed by atoms with Gasteiger partial charge in [0.25, 0.3) is 0 Å². The first kappa shape index (κ1) is 10.9. The Balaban J connectivity index is 3.30. The van der Waals surface area contributed by atoms with E-state index in [-0.39, 0.29) is 0 Å². The molecule has 2 N–H and O–H groups in total. The summed E-state index contributed by atoms with van der Waals surface area (Å²) in [6.07, 6.45) is 0.990. The first-order valence-corrected chi connectivity index (χ1v) is 7.42. The molecule has 0 heterocycles. The molecule has 0 amide bonds. The van der Waals surface area contributed by atoms with Crippen molar-refractivity contribution in [2.75, 3.05) is 5.75 Å². The van der Waals surface area contributed by atoms with Gasteiger partial charge >= 0.3 is 0 Å². The predicted octanol–water partition coefficient (Wildman–Crippen LogP) is 1.97. The molecule has 62 valence electrons. The van der Waals surface area contributed by atoms with E-state index >= 15 is 0 Å². The number of rotatable bonds is 4. The maximum atomic E-state index is 8.77. The van der Waals surface area contributed by atoms with Crippen LogP contribution in [0.1, 0.15) is 20.3 Å². The van der Waals surface area contributed by atoms with Crippen molar-refractivity contribution in [3.05, 3.63) is 0 Å². The molecule has 0 aromatic heterocycles. The summed E-state index contributed by atoms with van der Waals surface area (Å²) in [5.74, 6) is 1.36. The van der Waals surface area contributed by atoms with E-state index in [2.05, 4.69) is 25.7 Å². The van der Waals surface area contributed by atoms with Gasteiger partial charge in [0.2, 0.25) is 5.69 Å². The second kappa shape index (κ2) is 4.73. The van der Waals surface area contributed by atoms with Crippen molar-refractivity contribution in [1.82, 2.24) is 0 Å². The molecule has 0 aliphatic rings. The zero-order valence-corrected chi connectivity index (χ0v) is 8.68. The molecule has 0 aromatic carbocycles. The normalized spacial score (nSPS) is 12.5. The monoisotopic (exact) mass is 200 g/mol. The molecule has 0 aromatic rings. The SMILES string of the molecule is CC(C)CCSP(O)(O)=S. The van der Waals surface area contributed by atoms with E-state index in [1.54, 1.807) is 0 Å². The second-order valence-corrected chi connectivity index (χ2v) is 8.68. The molecule has 0 radical (unpaired) electrons. The third-order valence-electron chi connectivity index (χ3n) is 0.955. The summed E-state index contributed by atoms with van der Waals surface area (Å²) in [5, 5.41) is 0. The van der Waals surface area contributed by atoms with Gasteiger partial charge in [-0.05, 0) is 24.1 Å². The molecule has 0 atom stereocenters.